The molecule has 0 aromatic heterocycles. The molecular weight excluding hydrogens is 423 g/mol. The molecule has 0 N–H and O–H groups in total. The third-order valence-corrected chi connectivity index (χ3v) is 5.61. The summed E-state index contributed by atoms with van der Waals surface area (Å²) in [5, 5.41) is 0. The number of aryl methyl sites for hydroxylation is 2. The Morgan fingerprint density at radius 2 is 2.00 bits per heavy atom. The van der Waals surface area contributed by atoms with E-state index in [1.807, 2.05) is 31.3 Å². The van der Waals surface area contributed by atoms with Crippen LogP contribution in [-0.4, -0.2) is 38.0 Å². The number of ether oxygens (including phenoxy) is 2. The van der Waals surface area contributed by atoms with Crippen molar-refractivity contribution in [3.63, 3.8) is 0 Å². The van der Waals surface area contributed by atoms with Gasteiger partial charge in [0, 0.05) is 23.6 Å². The van der Waals surface area contributed by atoms with Crippen molar-refractivity contribution in [3.8, 4) is 0 Å². The molecule has 150 valence electrons. The van der Waals surface area contributed by atoms with Crippen LogP contribution in [0.1, 0.15) is 29.2 Å². The van der Waals surface area contributed by atoms with Crippen molar-refractivity contribution in [2.24, 2.45) is 4.99 Å². The van der Waals surface area contributed by atoms with Crippen LogP contribution in [0.4, 0.5) is 10.1 Å². The minimum atomic E-state index is -0.545. The third-order valence-electron chi connectivity index (χ3n) is 5.12. The molecule has 0 radical (unpaired) electrons. The molecule has 0 aliphatic carbocycles. The highest BCUT2D eigenvalue weighted by Crippen LogP contribution is 2.39. The summed E-state index contributed by atoms with van der Waals surface area (Å²) in [7, 11) is 2.00. The molecule has 2 aromatic rings. The second kappa shape index (κ2) is 8.72. The molecule has 0 spiro atoms. The van der Waals surface area contributed by atoms with Crippen molar-refractivity contribution in [3.05, 3.63) is 62.9 Å². The maximum Gasteiger partial charge on any atom is 0.140 e. The van der Waals surface area contributed by atoms with Gasteiger partial charge in [-0.1, -0.05) is 28.1 Å². The van der Waals surface area contributed by atoms with E-state index in [2.05, 4.69) is 46.9 Å². The van der Waals surface area contributed by atoms with E-state index in [0.717, 1.165) is 28.9 Å². The van der Waals surface area contributed by atoms with E-state index >= 15 is 0 Å². The molecule has 3 rings (SSSR count). The first-order valence-electron chi connectivity index (χ1n) is 9.36. The van der Waals surface area contributed by atoms with E-state index in [1.54, 1.807) is 6.07 Å². The van der Waals surface area contributed by atoms with Gasteiger partial charge < -0.3 is 14.4 Å². The molecule has 28 heavy (non-hydrogen) atoms. The van der Waals surface area contributed by atoms with Gasteiger partial charge in [-0.15, -0.1) is 0 Å². The highest BCUT2D eigenvalue weighted by atomic mass is 79.9. The van der Waals surface area contributed by atoms with Gasteiger partial charge in [0.15, 0.2) is 0 Å². The average molecular weight is 449 g/mol. The predicted molar refractivity (Wildman–Crippen MR) is 114 cm³/mol. The Morgan fingerprint density at radius 3 is 2.61 bits per heavy atom. The summed E-state index contributed by atoms with van der Waals surface area (Å²) in [5.74, 6) is -0.276. The van der Waals surface area contributed by atoms with E-state index in [9.17, 15) is 4.39 Å². The van der Waals surface area contributed by atoms with E-state index in [4.69, 9.17) is 9.47 Å². The van der Waals surface area contributed by atoms with Crippen LogP contribution in [0, 0.1) is 19.7 Å². The minimum absolute atomic E-state index is 0.197. The lowest BCUT2D eigenvalue weighted by molar-refractivity contribution is -0.223. The number of rotatable bonds is 7. The number of nitrogens with zero attached hydrogens (tertiary/aromatic N) is 2. The van der Waals surface area contributed by atoms with Gasteiger partial charge in [0.25, 0.3) is 0 Å². The summed E-state index contributed by atoms with van der Waals surface area (Å²) in [4.78, 5) is 6.62. The summed E-state index contributed by atoms with van der Waals surface area (Å²) in [6, 6.07) is 9.22. The Morgan fingerprint density at radius 1 is 1.25 bits per heavy atom. The zero-order valence-corrected chi connectivity index (χ0v) is 18.3. The molecule has 1 saturated heterocycles. The number of hydrogen-bond acceptors (Lipinski definition) is 3. The van der Waals surface area contributed by atoms with Crippen LogP contribution in [-0.2, 0) is 21.7 Å². The fraction of sp³-hybridized carbons (Fsp3) is 0.409. The van der Waals surface area contributed by atoms with Crippen LogP contribution in [0.2, 0.25) is 0 Å². The van der Waals surface area contributed by atoms with Crippen molar-refractivity contribution >= 4 is 28.0 Å². The van der Waals surface area contributed by atoms with Crippen molar-refractivity contribution in [1.29, 1.82) is 0 Å². The van der Waals surface area contributed by atoms with Gasteiger partial charge >= 0.3 is 0 Å². The molecule has 0 unspecified atom stereocenters. The molecule has 0 saturated carbocycles. The highest BCUT2D eigenvalue weighted by molar-refractivity contribution is 9.10. The average Bonchev–Trinajstić information content (AvgIpc) is 2.63. The Bertz CT molecular complexity index is 881. The van der Waals surface area contributed by atoms with Gasteiger partial charge in [-0.2, -0.15) is 0 Å². The van der Waals surface area contributed by atoms with Crippen LogP contribution in [0.3, 0.4) is 0 Å². The predicted octanol–water partition coefficient (Wildman–Crippen LogP) is 5.26. The Hall–Kier alpha value is -1.76. The number of halogens is 2. The zero-order valence-electron chi connectivity index (χ0n) is 16.8. The number of benzene rings is 2. The molecule has 2 aromatic carbocycles. The summed E-state index contributed by atoms with van der Waals surface area (Å²) in [5.41, 5.74) is 4.18. The first kappa shape index (κ1) is 21.0. The molecule has 1 aliphatic rings. The molecule has 4 nitrogen and oxygen atoms in total. The Labute approximate surface area is 174 Å². The SMILES string of the molecule is CCN(C)C=Nc1cc(C)c(C2(OCc3ccc(Br)cc3F)COC2)cc1C. The highest BCUT2D eigenvalue weighted by Gasteiger charge is 2.43. The van der Waals surface area contributed by atoms with E-state index in [1.165, 1.54) is 6.07 Å². The summed E-state index contributed by atoms with van der Waals surface area (Å²) in [6.07, 6.45) is 1.84. The van der Waals surface area contributed by atoms with Crippen molar-refractivity contribution in [2.45, 2.75) is 33.0 Å². The van der Waals surface area contributed by atoms with Gasteiger partial charge in [-0.3, -0.25) is 0 Å². The van der Waals surface area contributed by atoms with Gasteiger partial charge in [-0.25, -0.2) is 9.38 Å². The van der Waals surface area contributed by atoms with Gasteiger partial charge in [0.05, 0.1) is 31.8 Å². The summed E-state index contributed by atoms with van der Waals surface area (Å²) >= 11 is 3.28. The molecule has 1 fully saturated rings. The fourth-order valence-electron chi connectivity index (χ4n) is 3.13. The van der Waals surface area contributed by atoms with E-state index in [-0.39, 0.29) is 12.4 Å². The van der Waals surface area contributed by atoms with Gasteiger partial charge in [0.1, 0.15) is 11.4 Å². The maximum absolute atomic E-state index is 14.2. The van der Waals surface area contributed by atoms with Crippen LogP contribution < -0.4 is 0 Å². The lowest BCUT2D eigenvalue weighted by Gasteiger charge is -2.42. The third kappa shape index (κ3) is 4.45. The monoisotopic (exact) mass is 448 g/mol. The van der Waals surface area contributed by atoms with Crippen LogP contribution in [0.15, 0.2) is 39.8 Å². The molecule has 0 bridgehead atoms. The minimum Gasteiger partial charge on any atom is -0.375 e. The van der Waals surface area contributed by atoms with Crippen molar-refractivity contribution < 1.29 is 13.9 Å². The molecule has 6 heteroatoms. The second-order valence-corrected chi connectivity index (χ2v) is 8.20. The maximum atomic E-state index is 14.2. The Kier molecular flexibility index (Phi) is 6.53. The molecular formula is C22H26BrFN2O2. The molecule has 1 aliphatic heterocycles. The van der Waals surface area contributed by atoms with Crippen LogP contribution in [0.5, 0.6) is 0 Å². The summed E-state index contributed by atoms with van der Waals surface area (Å²) in [6.45, 7) is 8.21. The van der Waals surface area contributed by atoms with E-state index < -0.39 is 5.60 Å². The second-order valence-electron chi connectivity index (χ2n) is 7.28. The standard InChI is InChI=1S/C22H26BrFN2O2/c1-5-26(4)14-25-21-9-15(2)19(8-16(21)3)22(12-27-13-22)28-11-17-6-7-18(23)10-20(17)24/h6-10,14H,5,11-13H2,1-4H3. The first-order chi connectivity index (χ1) is 13.3. The largest absolute Gasteiger partial charge is 0.375 e. The van der Waals surface area contributed by atoms with Crippen LogP contribution in [0.25, 0.3) is 0 Å². The smallest absolute Gasteiger partial charge is 0.140 e. The quantitative estimate of drug-likeness (QED) is 0.427. The van der Waals surface area contributed by atoms with Crippen LogP contribution >= 0.6 is 15.9 Å². The van der Waals surface area contributed by atoms with Crippen molar-refractivity contribution in [1.82, 2.24) is 4.90 Å². The fourth-order valence-corrected chi connectivity index (χ4v) is 3.47. The number of aliphatic imine (C=N–C) groups is 1. The summed E-state index contributed by atoms with van der Waals surface area (Å²) < 4.78 is 26.6. The van der Waals surface area contributed by atoms with Gasteiger partial charge in [0.2, 0.25) is 0 Å². The molecule has 0 atom stereocenters. The first-order valence-corrected chi connectivity index (χ1v) is 10.2. The van der Waals surface area contributed by atoms with Gasteiger partial charge in [-0.05, 0) is 55.7 Å². The zero-order chi connectivity index (χ0) is 20.3. The van der Waals surface area contributed by atoms with E-state index in [0.29, 0.717) is 23.2 Å². The normalized spacial score (nSPS) is 15.6. The lowest BCUT2D eigenvalue weighted by atomic mass is 9.86. The number of hydrogen-bond donors (Lipinski definition) is 0. The van der Waals surface area contributed by atoms with Crippen molar-refractivity contribution in [2.75, 3.05) is 26.8 Å². The molecule has 0 amide bonds. The molecule has 1 heterocycles. The Balaban J connectivity index is 1.83. The lowest BCUT2D eigenvalue weighted by Crippen LogP contribution is -2.49. The topological polar surface area (TPSA) is 34.1 Å².